The summed E-state index contributed by atoms with van der Waals surface area (Å²) >= 11 is 0. The Hall–Kier alpha value is -2.57. The summed E-state index contributed by atoms with van der Waals surface area (Å²) < 4.78 is 5.04. The maximum absolute atomic E-state index is 11.0. The van der Waals surface area contributed by atoms with Gasteiger partial charge in [-0.2, -0.15) is 0 Å². The van der Waals surface area contributed by atoms with Crippen molar-refractivity contribution in [3.8, 4) is 0 Å². The lowest BCUT2D eigenvalue weighted by atomic mass is 10.2. The van der Waals surface area contributed by atoms with Crippen molar-refractivity contribution in [2.75, 3.05) is 11.1 Å². The molecule has 0 radical (unpaired) electrons. The van der Waals surface area contributed by atoms with E-state index in [0.717, 1.165) is 11.3 Å². The predicted octanol–water partition coefficient (Wildman–Crippen LogP) is 2.39. The Bertz CT molecular complexity index is 602. The highest BCUT2D eigenvalue weighted by Crippen LogP contribution is 2.31. The second-order valence-electron chi connectivity index (χ2n) is 4.16. The van der Waals surface area contributed by atoms with E-state index in [1.807, 2.05) is 6.92 Å². The van der Waals surface area contributed by atoms with E-state index in [9.17, 15) is 10.1 Å². The second-order valence-corrected chi connectivity index (χ2v) is 4.16. The van der Waals surface area contributed by atoms with Crippen molar-refractivity contribution in [2.45, 2.75) is 20.4 Å². The number of para-hydroxylation sites is 1. The van der Waals surface area contributed by atoms with Gasteiger partial charge in [0.25, 0.3) is 0 Å². The molecule has 7 heteroatoms. The van der Waals surface area contributed by atoms with E-state index in [4.69, 9.17) is 10.3 Å². The summed E-state index contributed by atoms with van der Waals surface area (Å²) in [5.41, 5.74) is 7.66. The highest BCUT2D eigenvalue weighted by Gasteiger charge is 2.18. The first-order valence-corrected chi connectivity index (χ1v) is 5.69. The molecule has 0 atom stereocenters. The molecule has 0 aliphatic rings. The Morgan fingerprint density at radius 3 is 2.79 bits per heavy atom. The number of nitro benzene ring substituents is 1. The van der Waals surface area contributed by atoms with Gasteiger partial charge in [-0.1, -0.05) is 11.2 Å². The van der Waals surface area contributed by atoms with Crippen molar-refractivity contribution in [1.29, 1.82) is 0 Å². The quantitative estimate of drug-likeness (QED) is 0.497. The van der Waals surface area contributed by atoms with E-state index in [1.165, 1.54) is 6.07 Å². The van der Waals surface area contributed by atoms with E-state index >= 15 is 0 Å². The molecule has 100 valence electrons. The van der Waals surface area contributed by atoms with Gasteiger partial charge < -0.3 is 15.6 Å². The number of aromatic nitrogens is 1. The van der Waals surface area contributed by atoms with Gasteiger partial charge in [0.1, 0.15) is 17.1 Å². The van der Waals surface area contributed by atoms with E-state index < -0.39 is 4.92 Å². The molecule has 2 aromatic rings. The molecule has 1 aromatic heterocycles. The number of nitrogens with one attached hydrogen (secondary N) is 1. The van der Waals surface area contributed by atoms with Gasteiger partial charge in [0, 0.05) is 12.1 Å². The van der Waals surface area contributed by atoms with Gasteiger partial charge in [0.2, 0.25) is 0 Å². The average molecular weight is 262 g/mol. The molecule has 0 aliphatic carbocycles. The fourth-order valence-corrected chi connectivity index (χ4v) is 1.85. The Balaban J connectivity index is 2.25. The number of nitrogen functional groups attached to an aromatic ring is 1. The first kappa shape index (κ1) is 12.9. The second kappa shape index (κ2) is 4.97. The van der Waals surface area contributed by atoms with Crippen LogP contribution in [0.3, 0.4) is 0 Å². The molecular weight excluding hydrogens is 248 g/mol. The molecule has 0 fully saturated rings. The average Bonchev–Trinajstić information content (AvgIpc) is 2.66. The number of hydrogen-bond acceptors (Lipinski definition) is 6. The van der Waals surface area contributed by atoms with Gasteiger partial charge in [-0.15, -0.1) is 0 Å². The van der Waals surface area contributed by atoms with E-state index in [0.29, 0.717) is 18.0 Å². The molecule has 2 rings (SSSR count). The lowest BCUT2D eigenvalue weighted by Gasteiger charge is -2.08. The van der Waals surface area contributed by atoms with Gasteiger partial charge in [-0.3, -0.25) is 10.1 Å². The standard InChI is InChI=1S/C12H14N4O3/c1-7-9(8(2)19-15-7)6-14-11-5-3-4-10(13)12(11)16(17)18/h3-5,14H,6,13H2,1-2H3. The van der Waals surface area contributed by atoms with Crippen LogP contribution >= 0.6 is 0 Å². The molecule has 1 aromatic carbocycles. The van der Waals surface area contributed by atoms with Crippen LogP contribution in [0.25, 0.3) is 0 Å². The zero-order valence-electron chi connectivity index (χ0n) is 10.6. The van der Waals surface area contributed by atoms with Crippen LogP contribution in [0.15, 0.2) is 22.7 Å². The topological polar surface area (TPSA) is 107 Å². The zero-order chi connectivity index (χ0) is 14.0. The molecule has 0 saturated heterocycles. The van der Waals surface area contributed by atoms with Crippen LogP contribution in [0, 0.1) is 24.0 Å². The highest BCUT2D eigenvalue weighted by molar-refractivity contribution is 5.74. The maximum atomic E-state index is 11.0. The van der Waals surface area contributed by atoms with Crippen LogP contribution in [0.4, 0.5) is 17.1 Å². The predicted molar refractivity (Wildman–Crippen MR) is 70.8 cm³/mol. The summed E-state index contributed by atoms with van der Waals surface area (Å²) in [6.07, 6.45) is 0. The summed E-state index contributed by atoms with van der Waals surface area (Å²) in [5, 5.41) is 17.8. The number of nitrogens with two attached hydrogens (primary N) is 1. The number of aryl methyl sites for hydroxylation is 2. The van der Waals surface area contributed by atoms with Crippen LogP contribution in [0.5, 0.6) is 0 Å². The van der Waals surface area contributed by atoms with Crippen LogP contribution in [0.2, 0.25) is 0 Å². The lowest BCUT2D eigenvalue weighted by molar-refractivity contribution is -0.383. The van der Waals surface area contributed by atoms with Crippen molar-refractivity contribution in [3.63, 3.8) is 0 Å². The van der Waals surface area contributed by atoms with Crippen LogP contribution < -0.4 is 11.1 Å². The van der Waals surface area contributed by atoms with Crippen molar-refractivity contribution in [3.05, 3.63) is 45.3 Å². The van der Waals surface area contributed by atoms with Crippen LogP contribution in [0.1, 0.15) is 17.0 Å². The summed E-state index contributed by atoms with van der Waals surface area (Å²) in [4.78, 5) is 10.5. The molecule has 0 spiro atoms. The van der Waals surface area contributed by atoms with Crippen LogP contribution in [-0.4, -0.2) is 10.1 Å². The largest absolute Gasteiger partial charge is 0.393 e. The van der Waals surface area contributed by atoms with E-state index in [-0.39, 0.29) is 11.4 Å². The molecule has 0 aliphatic heterocycles. The Morgan fingerprint density at radius 1 is 1.47 bits per heavy atom. The van der Waals surface area contributed by atoms with Gasteiger partial charge in [0.15, 0.2) is 0 Å². The monoisotopic (exact) mass is 262 g/mol. The molecule has 0 saturated carbocycles. The fourth-order valence-electron chi connectivity index (χ4n) is 1.85. The smallest absolute Gasteiger partial charge is 0.314 e. The fraction of sp³-hybridized carbons (Fsp3) is 0.250. The molecule has 7 nitrogen and oxygen atoms in total. The third-order valence-electron chi connectivity index (χ3n) is 2.89. The number of rotatable bonds is 4. The number of nitrogens with zero attached hydrogens (tertiary/aromatic N) is 2. The van der Waals surface area contributed by atoms with Gasteiger partial charge in [-0.25, -0.2) is 0 Å². The zero-order valence-corrected chi connectivity index (χ0v) is 10.6. The number of anilines is 2. The van der Waals surface area contributed by atoms with Crippen molar-refractivity contribution in [1.82, 2.24) is 5.16 Å². The van der Waals surface area contributed by atoms with E-state index in [2.05, 4.69) is 10.5 Å². The highest BCUT2D eigenvalue weighted by atomic mass is 16.6. The van der Waals surface area contributed by atoms with Crippen LogP contribution in [-0.2, 0) is 6.54 Å². The number of benzene rings is 1. The van der Waals surface area contributed by atoms with Gasteiger partial charge in [-0.05, 0) is 26.0 Å². The lowest BCUT2D eigenvalue weighted by Crippen LogP contribution is -2.05. The minimum Gasteiger partial charge on any atom is -0.393 e. The summed E-state index contributed by atoms with van der Waals surface area (Å²) in [6.45, 7) is 4.01. The molecule has 0 unspecified atom stereocenters. The normalized spacial score (nSPS) is 10.4. The summed E-state index contributed by atoms with van der Waals surface area (Å²) in [5.74, 6) is 0.691. The Morgan fingerprint density at radius 2 is 2.21 bits per heavy atom. The molecule has 19 heavy (non-hydrogen) atoms. The minimum atomic E-state index is -0.495. The third kappa shape index (κ3) is 2.49. The van der Waals surface area contributed by atoms with Crippen molar-refractivity contribution in [2.24, 2.45) is 0 Å². The Labute approximate surface area is 109 Å². The first-order valence-electron chi connectivity index (χ1n) is 5.69. The molecule has 0 bridgehead atoms. The van der Waals surface area contributed by atoms with Crippen molar-refractivity contribution < 1.29 is 9.45 Å². The summed E-state index contributed by atoms with van der Waals surface area (Å²) in [6, 6.07) is 4.78. The van der Waals surface area contributed by atoms with Gasteiger partial charge in [0.05, 0.1) is 10.6 Å². The molecule has 3 N–H and O–H groups in total. The van der Waals surface area contributed by atoms with Crippen molar-refractivity contribution >= 4 is 17.1 Å². The number of hydrogen-bond donors (Lipinski definition) is 2. The first-order chi connectivity index (χ1) is 9.00. The molecule has 0 amide bonds. The molecule has 1 heterocycles. The number of nitro groups is 1. The SMILES string of the molecule is Cc1noc(C)c1CNc1cccc(N)c1[N+](=O)[O-]. The van der Waals surface area contributed by atoms with Gasteiger partial charge >= 0.3 is 5.69 Å². The third-order valence-corrected chi connectivity index (χ3v) is 2.89. The van der Waals surface area contributed by atoms with E-state index in [1.54, 1.807) is 19.1 Å². The summed E-state index contributed by atoms with van der Waals surface area (Å²) in [7, 11) is 0. The Kier molecular flexibility index (Phi) is 3.37. The minimum absolute atomic E-state index is 0.116. The maximum Gasteiger partial charge on any atom is 0.314 e. The molecular formula is C12H14N4O3.